The lowest BCUT2D eigenvalue weighted by Gasteiger charge is -2.14. The molecule has 2 aromatic rings. The van der Waals surface area contributed by atoms with Crippen molar-refractivity contribution in [2.75, 3.05) is 13.1 Å². The molecule has 2 N–H and O–H groups in total. The summed E-state index contributed by atoms with van der Waals surface area (Å²) in [5.74, 6) is 0.431. The van der Waals surface area contributed by atoms with Crippen LogP contribution in [-0.2, 0) is 11.3 Å². The minimum absolute atomic E-state index is 0.0389. The van der Waals surface area contributed by atoms with E-state index in [0.717, 1.165) is 12.0 Å². The summed E-state index contributed by atoms with van der Waals surface area (Å²) >= 11 is 5.84. The number of aromatic nitrogens is 4. The summed E-state index contributed by atoms with van der Waals surface area (Å²) in [7, 11) is 0. The van der Waals surface area contributed by atoms with E-state index in [0.29, 0.717) is 23.9 Å². The number of halogens is 1. The number of amides is 1. The molecular formula is C13H15ClN6O. The number of likely N-dealkylation sites (tertiary alicyclic amines) is 1. The average molecular weight is 307 g/mol. The molecule has 1 saturated heterocycles. The van der Waals surface area contributed by atoms with Crippen molar-refractivity contribution in [2.45, 2.75) is 19.0 Å². The molecule has 8 heteroatoms. The number of carbonyl (C=O) groups excluding carboxylic acids is 1. The lowest BCUT2D eigenvalue weighted by atomic mass is 10.2. The second kappa shape index (κ2) is 5.79. The molecule has 1 fully saturated rings. The van der Waals surface area contributed by atoms with Crippen LogP contribution in [0, 0.1) is 0 Å². The zero-order valence-corrected chi connectivity index (χ0v) is 12.1. The van der Waals surface area contributed by atoms with Crippen LogP contribution >= 0.6 is 11.6 Å². The van der Waals surface area contributed by atoms with Gasteiger partial charge in [0.05, 0.1) is 0 Å². The highest BCUT2D eigenvalue weighted by Gasteiger charge is 2.24. The van der Waals surface area contributed by atoms with Crippen LogP contribution in [0.15, 0.2) is 24.3 Å². The fourth-order valence-electron chi connectivity index (χ4n) is 2.26. The molecule has 1 aromatic carbocycles. The van der Waals surface area contributed by atoms with Gasteiger partial charge in [-0.1, -0.05) is 11.6 Å². The first-order valence-electron chi connectivity index (χ1n) is 6.69. The predicted octanol–water partition coefficient (Wildman–Crippen LogP) is 0.553. The van der Waals surface area contributed by atoms with Gasteiger partial charge in [0.2, 0.25) is 11.7 Å². The third-order valence-corrected chi connectivity index (χ3v) is 3.66. The minimum atomic E-state index is -0.0389. The lowest BCUT2D eigenvalue weighted by Crippen LogP contribution is -2.34. The van der Waals surface area contributed by atoms with E-state index in [-0.39, 0.29) is 18.5 Å². The zero-order chi connectivity index (χ0) is 14.8. The summed E-state index contributed by atoms with van der Waals surface area (Å²) < 4.78 is 0. The summed E-state index contributed by atoms with van der Waals surface area (Å²) in [6, 6.07) is 7.21. The van der Waals surface area contributed by atoms with Crippen LogP contribution in [0.2, 0.25) is 5.02 Å². The highest BCUT2D eigenvalue weighted by atomic mass is 35.5. The van der Waals surface area contributed by atoms with Crippen molar-refractivity contribution in [3.05, 3.63) is 29.3 Å². The van der Waals surface area contributed by atoms with Crippen molar-refractivity contribution < 1.29 is 4.79 Å². The van der Waals surface area contributed by atoms with Gasteiger partial charge in [-0.25, -0.2) is 0 Å². The van der Waals surface area contributed by atoms with E-state index < -0.39 is 0 Å². The molecule has 0 saturated carbocycles. The summed E-state index contributed by atoms with van der Waals surface area (Å²) in [6.45, 7) is 1.36. The molecule has 0 aliphatic carbocycles. The molecule has 1 amide bonds. The Morgan fingerprint density at radius 3 is 2.81 bits per heavy atom. The topological polar surface area (TPSA) is 89.9 Å². The van der Waals surface area contributed by atoms with E-state index in [1.807, 2.05) is 12.1 Å². The highest BCUT2D eigenvalue weighted by Crippen LogP contribution is 2.17. The smallest absolute Gasteiger partial charge is 0.246 e. The van der Waals surface area contributed by atoms with Crippen LogP contribution in [0.25, 0.3) is 11.4 Å². The molecule has 0 radical (unpaired) electrons. The Morgan fingerprint density at radius 1 is 1.38 bits per heavy atom. The van der Waals surface area contributed by atoms with Gasteiger partial charge in [-0.3, -0.25) is 4.79 Å². The number of nitrogens with two attached hydrogens (primary N) is 1. The Bertz CT molecular complexity index is 640. The Morgan fingerprint density at radius 2 is 2.14 bits per heavy atom. The molecule has 1 atom stereocenters. The minimum Gasteiger partial charge on any atom is -0.339 e. The maximum absolute atomic E-state index is 12.1. The summed E-state index contributed by atoms with van der Waals surface area (Å²) in [4.78, 5) is 15.1. The largest absolute Gasteiger partial charge is 0.339 e. The Balaban J connectivity index is 1.67. The van der Waals surface area contributed by atoms with E-state index in [9.17, 15) is 4.79 Å². The molecule has 21 heavy (non-hydrogen) atoms. The van der Waals surface area contributed by atoms with E-state index in [1.165, 1.54) is 4.80 Å². The van der Waals surface area contributed by atoms with Crippen LogP contribution in [0.5, 0.6) is 0 Å². The van der Waals surface area contributed by atoms with Crippen LogP contribution in [0.3, 0.4) is 0 Å². The van der Waals surface area contributed by atoms with Crippen molar-refractivity contribution in [3.63, 3.8) is 0 Å². The van der Waals surface area contributed by atoms with Crippen LogP contribution in [0.4, 0.5) is 0 Å². The number of tetrazole rings is 1. The van der Waals surface area contributed by atoms with Crippen molar-refractivity contribution >= 4 is 17.5 Å². The summed E-state index contributed by atoms with van der Waals surface area (Å²) in [5, 5.41) is 12.7. The fraction of sp³-hybridized carbons (Fsp3) is 0.385. The molecule has 0 spiro atoms. The number of hydrogen-bond acceptors (Lipinski definition) is 5. The van der Waals surface area contributed by atoms with E-state index >= 15 is 0 Å². The maximum atomic E-state index is 12.1. The van der Waals surface area contributed by atoms with Gasteiger partial charge in [0, 0.05) is 29.7 Å². The number of rotatable bonds is 3. The third kappa shape index (κ3) is 3.20. The Kier molecular flexibility index (Phi) is 3.85. The lowest BCUT2D eigenvalue weighted by molar-refractivity contribution is -0.131. The first-order chi connectivity index (χ1) is 10.1. The van der Waals surface area contributed by atoms with Gasteiger partial charge in [0.15, 0.2) is 0 Å². The quantitative estimate of drug-likeness (QED) is 0.894. The molecule has 1 aliphatic heterocycles. The zero-order valence-electron chi connectivity index (χ0n) is 11.3. The van der Waals surface area contributed by atoms with E-state index in [2.05, 4.69) is 15.4 Å². The van der Waals surface area contributed by atoms with Crippen molar-refractivity contribution in [3.8, 4) is 11.4 Å². The summed E-state index contributed by atoms with van der Waals surface area (Å²) in [6.07, 6.45) is 0.840. The number of benzene rings is 1. The van der Waals surface area contributed by atoms with Crippen LogP contribution in [0.1, 0.15) is 6.42 Å². The Labute approximate surface area is 126 Å². The Hall–Kier alpha value is -1.99. The van der Waals surface area contributed by atoms with Gasteiger partial charge in [-0.2, -0.15) is 4.80 Å². The molecular weight excluding hydrogens is 292 g/mol. The van der Waals surface area contributed by atoms with E-state index in [4.69, 9.17) is 17.3 Å². The SMILES string of the molecule is N[C@@H]1CCN(C(=O)Cn2nnc(-c3ccc(Cl)cc3)n2)C1. The number of hydrogen-bond donors (Lipinski definition) is 1. The van der Waals surface area contributed by atoms with Crippen molar-refractivity contribution in [1.82, 2.24) is 25.1 Å². The number of nitrogens with zero attached hydrogens (tertiary/aromatic N) is 5. The second-order valence-electron chi connectivity index (χ2n) is 5.04. The molecule has 1 aromatic heterocycles. The van der Waals surface area contributed by atoms with Crippen LogP contribution in [-0.4, -0.2) is 50.1 Å². The summed E-state index contributed by atoms with van der Waals surface area (Å²) in [5.41, 5.74) is 6.60. The molecule has 110 valence electrons. The van der Waals surface area contributed by atoms with Crippen molar-refractivity contribution in [2.24, 2.45) is 5.73 Å². The van der Waals surface area contributed by atoms with Gasteiger partial charge in [0.1, 0.15) is 6.54 Å². The normalized spacial score (nSPS) is 18.2. The van der Waals surface area contributed by atoms with Gasteiger partial charge in [-0.05, 0) is 35.9 Å². The van der Waals surface area contributed by atoms with Crippen molar-refractivity contribution in [1.29, 1.82) is 0 Å². The fourth-order valence-corrected chi connectivity index (χ4v) is 2.39. The molecule has 2 heterocycles. The number of carbonyl (C=O) groups is 1. The monoisotopic (exact) mass is 306 g/mol. The van der Waals surface area contributed by atoms with Crippen LogP contribution < -0.4 is 5.73 Å². The molecule has 3 rings (SSSR count). The molecule has 0 unspecified atom stereocenters. The highest BCUT2D eigenvalue weighted by molar-refractivity contribution is 6.30. The standard InChI is InChI=1S/C13H15ClN6O/c14-10-3-1-9(2-4-10)13-16-18-20(17-13)8-12(21)19-6-5-11(15)7-19/h1-4,11H,5-8,15H2/t11-/m1/s1. The first-order valence-corrected chi connectivity index (χ1v) is 7.07. The first kappa shape index (κ1) is 14.0. The maximum Gasteiger partial charge on any atom is 0.246 e. The van der Waals surface area contributed by atoms with Gasteiger partial charge in [0.25, 0.3) is 0 Å². The average Bonchev–Trinajstić information content (AvgIpc) is 3.09. The predicted molar refractivity (Wildman–Crippen MR) is 77.4 cm³/mol. The third-order valence-electron chi connectivity index (χ3n) is 3.41. The van der Waals surface area contributed by atoms with Gasteiger partial charge in [-0.15, -0.1) is 10.2 Å². The molecule has 7 nitrogen and oxygen atoms in total. The second-order valence-corrected chi connectivity index (χ2v) is 5.48. The van der Waals surface area contributed by atoms with Gasteiger partial charge < -0.3 is 10.6 Å². The molecule has 1 aliphatic rings. The molecule has 0 bridgehead atoms. The van der Waals surface area contributed by atoms with Gasteiger partial charge >= 0.3 is 0 Å². The van der Waals surface area contributed by atoms with E-state index in [1.54, 1.807) is 17.0 Å².